The molecular weight excluding hydrogens is 136 g/mol. The molecule has 0 amide bonds. The first kappa shape index (κ1) is 6.83. The lowest BCUT2D eigenvalue weighted by molar-refractivity contribution is -0.169. The predicted octanol–water partition coefficient (Wildman–Crippen LogP) is 2.13. The smallest absolute Gasteiger partial charge is 0.200 e. The third-order valence-electron chi connectivity index (χ3n) is 1.25. The fraction of sp³-hybridized carbons (Fsp3) is 0.800. The maximum atomic E-state index is 11.9. The Balaban J connectivity index is 2.75. The molecule has 52 valence electrons. The van der Waals surface area contributed by atoms with Crippen LogP contribution >= 0.6 is 0 Å². The van der Waals surface area contributed by atoms with Gasteiger partial charge < -0.3 is 0 Å². The summed E-state index contributed by atoms with van der Waals surface area (Å²) in [5.41, 5.74) is 0. The molecule has 4 heteroatoms. The normalized spacial score (nSPS) is 30.7. The molecule has 0 atom stereocenters. The average Bonchev–Trinajstić information content (AvgIpc) is 1.81. The van der Waals surface area contributed by atoms with Crippen LogP contribution in [0.15, 0.2) is 0 Å². The fourth-order valence-electron chi connectivity index (χ4n) is 0.663. The molecule has 0 unspecified atom stereocenters. The van der Waals surface area contributed by atoms with Gasteiger partial charge in [0.2, 0.25) is 0 Å². The van der Waals surface area contributed by atoms with Crippen molar-refractivity contribution < 1.29 is 17.6 Å². The van der Waals surface area contributed by atoms with E-state index in [0.717, 1.165) is 0 Å². The lowest BCUT2D eigenvalue weighted by Crippen LogP contribution is -2.34. The SMILES string of the molecule is FC1(F)[C]CCC1(F)F. The summed E-state index contributed by atoms with van der Waals surface area (Å²) in [4.78, 5) is 0. The first-order valence-corrected chi connectivity index (χ1v) is 2.46. The highest BCUT2D eigenvalue weighted by Crippen LogP contribution is 2.46. The van der Waals surface area contributed by atoms with Gasteiger partial charge in [0.15, 0.2) is 0 Å². The Morgan fingerprint density at radius 1 is 1.11 bits per heavy atom. The van der Waals surface area contributed by atoms with Crippen molar-refractivity contribution in [2.75, 3.05) is 0 Å². The van der Waals surface area contributed by atoms with Crippen LogP contribution in [0.3, 0.4) is 0 Å². The minimum atomic E-state index is -3.99. The molecule has 1 saturated carbocycles. The van der Waals surface area contributed by atoms with Crippen molar-refractivity contribution in [1.29, 1.82) is 0 Å². The molecule has 0 saturated heterocycles. The lowest BCUT2D eigenvalue weighted by atomic mass is 10.2. The van der Waals surface area contributed by atoms with E-state index >= 15 is 0 Å². The summed E-state index contributed by atoms with van der Waals surface area (Å²) in [6.07, 6.45) is 0.306. The Bertz CT molecular complexity index is 104. The van der Waals surface area contributed by atoms with Crippen LogP contribution < -0.4 is 0 Å². The van der Waals surface area contributed by atoms with Gasteiger partial charge in [-0.1, -0.05) is 0 Å². The molecule has 0 heterocycles. The number of halogens is 4. The summed E-state index contributed by atoms with van der Waals surface area (Å²) in [6, 6.07) is 0. The van der Waals surface area contributed by atoms with Crippen molar-refractivity contribution in [1.82, 2.24) is 0 Å². The van der Waals surface area contributed by atoms with Gasteiger partial charge >= 0.3 is 11.8 Å². The van der Waals surface area contributed by atoms with Gasteiger partial charge in [-0.3, -0.25) is 0 Å². The van der Waals surface area contributed by atoms with Crippen LogP contribution in [0.4, 0.5) is 17.6 Å². The fourth-order valence-corrected chi connectivity index (χ4v) is 0.663. The van der Waals surface area contributed by atoms with Crippen LogP contribution in [-0.2, 0) is 0 Å². The second-order valence-electron chi connectivity index (χ2n) is 1.96. The van der Waals surface area contributed by atoms with Crippen molar-refractivity contribution >= 4 is 0 Å². The third-order valence-corrected chi connectivity index (χ3v) is 1.25. The summed E-state index contributed by atoms with van der Waals surface area (Å²) in [7, 11) is 0. The van der Waals surface area contributed by atoms with Gasteiger partial charge in [0.05, 0.1) is 6.42 Å². The Labute approximate surface area is 49.9 Å². The Morgan fingerprint density at radius 3 is 1.78 bits per heavy atom. The molecule has 0 N–H and O–H groups in total. The summed E-state index contributed by atoms with van der Waals surface area (Å²) < 4.78 is 47.5. The molecule has 0 spiro atoms. The molecule has 1 fully saturated rings. The van der Waals surface area contributed by atoms with Crippen LogP contribution in [0, 0.1) is 6.42 Å². The van der Waals surface area contributed by atoms with E-state index in [-0.39, 0.29) is 6.42 Å². The number of hydrogen-bond acceptors (Lipinski definition) is 0. The average molecular weight is 140 g/mol. The highest BCUT2D eigenvalue weighted by Gasteiger charge is 2.59. The maximum absolute atomic E-state index is 11.9. The van der Waals surface area contributed by atoms with Crippen LogP contribution in [-0.4, -0.2) is 11.8 Å². The first-order chi connectivity index (χ1) is 3.96. The molecule has 0 aromatic heterocycles. The zero-order valence-electron chi connectivity index (χ0n) is 4.43. The van der Waals surface area contributed by atoms with E-state index in [1.165, 1.54) is 6.42 Å². The van der Waals surface area contributed by atoms with Gasteiger partial charge in [0.1, 0.15) is 0 Å². The van der Waals surface area contributed by atoms with Gasteiger partial charge in [0, 0.05) is 6.42 Å². The van der Waals surface area contributed by atoms with Crippen molar-refractivity contribution in [2.24, 2.45) is 0 Å². The number of alkyl halides is 4. The molecule has 1 aliphatic rings. The summed E-state index contributed by atoms with van der Waals surface area (Å²) in [5, 5.41) is 0. The lowest BCUT2D eigenvalue weighted by Gasteiger charge is -2.16. The highest BCUT2D eigenvalue weighted by atomic mass is 19.3. The van der Waals surface area contributed by atoms with E-state index in [0.29, 0.717) is 0 Å². The minimum Gasteiger partial charge on any atom is -0.200 e. The minimum absolute atomic E-state index is 0.319. The summed E-state index contributed by atoms with van der Waals surface area (Å²) >= 11 is 0. The topological polar surface area (TPSA) is 0 Å². The van der Waals surface area contributed by atoms with Crippen LogP contribution in [0.5, 0.6) is 0 Å². The molecule has 0 nitrogen and oxygen atoms in total. The van der Waals surface area contributed by atoms with Gasteiger partial charge in [-0.15, -0.1) is 0 Å². The van der Waals surface area contributed by atoms with Crippen molar-refractivity contribution in [3.8, 4) is 0 Å². The zero-order valence-corrected chi connectivity index (χ0v) is 4.43. The summed E-state index contributed by atoms with van der Waals surface area (Å²) in [6.45, 7) is 0. The van der Waals surface area contributed by atoms with Crippen molar-refractivity contribution in [3.05, 3.63) is 6.42 Å². The highest BCUT2D eigenvalue weighted by molar-refractivity contribution is 5.03. The standard InChI is InChI=1S/C5H4F4/c6-4(7)2-1-3-5(4,8)9/h1-2H2. The van der Waals surface area contributed by atoms with Gasteiger partial charge in [-0.05, 0) is 6.42 Å². The molecule has 1 rings (SSSR count). The van der Waals surface area contributed by atoms with Gasteiger partial charge in [-0.2, -0.15) is 17.6 Å². The third kappa shape index (κ3) is 0.904. The predicted molar refractivity (Wildman–Crippen MR) is 22.4 cm³/mol. The molecular formula is C5H4F4. The zero-order chi connectivity index (χ0) is 7.12. The molecule has 2 radical (unpaired) electrons. The number of rotatable bonds is 0. The molecule has 9 heavy (non-hydrogen) atoms. The molecule has 0 aliphatic heterocycles. The second-order valence-corrected chi connectivity index (χ2v) is 1.96. The van der Waals surface area contributed by atoms with E-state index in [2.05, 4.69) is 0 Å². The second kappa shape index (κ2) is 1.61. The van der Waals surface area contributed by atoms with Crippen molar-refractivity contribution in [2.45, 2.75) is 24.7 Å². The Kier molecular flexibility index (Phi) is 1.22. The van der Waals surface area contributed by atoms with Crippen molar-refractivity contribution in [3.63, 3.8) is 0 Å². The van der Waals surface area contributed by atoms with E-state index in [1.54, 1.807) is 0 Å². The molecule has 1 aliphatic carbocycles. The van der Waals surface area contributed by atoms with Crippen LogP contribution in [0.2, 0.25) is 0 Å². The molecule has 0 aromatic rings. The monoisotopic (exact) mass is 140 g/mol. The van der Waals surface area contributed by atoms with E-state index in [1.807, 2.05) is 0 Å². The Hall–Kier alpha value is -0.280. The number of hydrogen-bond donors (Lipinski definition) is 0. The van der Waals surface area contributed by atoms with E-state index < -0.39 is 18.3 Å². The van der Waals surface area contributed by atoms with Crippen LogP contribution in [0.25, 0.3) is 0 Å². The first-order valence-electron chi connectivity index (χ1n) is 2.46. The molecule has 0 aromatic carbocycles. The van der Waals surface area contributed by atoms with Gasteiger partial charge in [-0.25, -0.2) is 0 Å². The van der Waals surface area contributed by atoms with E-state index in [4.69, 9.17) is 0 Å². The quantitative estimate of drug-likeness (QED) is 0.452. The largest absolute Gasteiger partial charge is 0.317 e. The summed E-state index contributed by atoms with van der Waals surface area (Å²) in [5.74, 6) is -7.85. The van der Waals surface area contributed by atoms with Gasteiger partial charge in [0.25, 0.3) is 0 Å². The maximum Gasteiger partial charge on any atom is 0.317 e. The molecule has 0 bridgehead atoms. The van der Waals surface area contributed by atoms with Crippen LogP contribution in [0.1, 0.15) is 12.8 Å². The Morgan fingerprint density at radius 2 is 1.67 bits per heavy atom. The van der Waals surface area contributed by atoms with E-state index in [9.17, 15) is 17.6 Å².